The molecule has 0 radical (unpaired) electrons. The molecule has 19 heteroatoms. The smallest absolute Gasteiger partial charge is 0.592 e. The van der Waals surface area contributed by atoms with Gasteiger partial charge in [-0.15, -0.1) is 0 Å². The fourth-order valence-corrected chi connectivity index (χ4v) is 10.3. The topological polar surface area (TPSA) is 232 Å². The van der Waals surface area contributed by atoms with Gasteiger partial charge in [0, 0.05) is 12.4 Å². The number of carbonyl (C=O) groups excluding carboxylic acids is 3. The zero-order valence-electron chi connectivity index (χ0n) is 30.7. The van der Waals surface area contributed by atoms with E-state index in [1.54, 1.807) is 24.3 Å². The van der Waals surface area contributed by atoms with Gasteiger partial charge in [-0.05, 0) is 54.4 Å². The number of ketones is 1. The van der Waals surface area contributed by atoms with Crippen molar-refractivity contribution in [3.63, 3.8) is 0 Å². The molecule has 0 bridgehead atoms. The molecule has 2 aliphatic heterocycles. The number of esters is 1. The Bertz CT molecular complexity index is 2100. The maximum Gasteiger partial charge on any atom is 0.592 e. The highest BCUT2D eigenvalue weighted by atomic mass is 31.2. The summed E-state index contributed by atoms with van der Waals surface area (Å²) in [6, 6.07) is 22.7. The lowest BCUT2D eigenvalue weighted by Crippen LogP contribution is -2.71. The van der Waals surface area contributed by atoms with Gasteiger partial charge in [0.15, 0.2) is 11.2 Å². The number of hydrogen-bond acceptors (Lipinski definition) is 10. The molecule has 16 nitrogen and oxygen atoms in total. The minimum atomic E-state index is -5.39. The molecule has 2 aliphatic rings. The average molecular weight is 809 g/mol. The summed E-state index contributed by atoms with van der Waals surface area (Å²) in [4.78, 5) is 87.5. The van der Waals surface area contributed by atoms with Crippen molar-refractivity contribution in [2.45, 2.75) is 56.8 Å². The van der Waals surface area contributed by atoms with E-state index in [2.05, 4.69) is 15.3 Å². The summed E-state index contributed by atoms with van der Waals surface area (Å²) in [6.45, 7) is 0.908. The second-order valence-electron chi connectivity index (χ2n) is 14.4. The molecule has 6 rings (SSSR count). The van der Waals surface area contributed by atoms with Crippen molar-refractivity contribution in [3.8, 4) is 11.5 Å². The summed E-state index contributed by atoms with van der Waals surface area (Å²) in [6.07, 6.45) is 3.41. The van der Waals surface area contributed by atoms with E-state index < -0.39 is 57.4 Å². The van der Waals surface area contributed by atoms with E-state index in [0.717, 1.165) is 5.56 Å². The summed E-state index contributed by atoms with van der Waals surface area (Å²) in [5.41, 5.74) is 2.15. The van der Waals surface area contributed by atoms with Crippen molar-refractivity contribution < 1.29 is 57.1 Å². The first-order valence-corrected chi connectivity index (χ1v) is 21.4. The zero-order valence-corrected chi connectivity index (χ0v) is 32.4. The van der Waals surface area contributed by atoms with Crippen LogP contribution in [0.3, 0.4) is 0 Å². The minimum absolute atomic E-state index is 0.0161. The number of aromatic nitrogens is 2. The van der Waals surface area contributed by atoms with Crippen LogP contribution < -0.4 is 19.0 Å². The van der Waals surface area contributed by atoms with E-state index in [1.807, 2.05) is 68.4 Å². The number of fused-ring (bicyclic) bond motifs is 5. The largest absolute Gasteiger partial charge is 0.626 e. The molecule has 5 N–H and O–H groups in total. The second kappa shape index (κ2) is 16.4. The van der Waals surface area contributed by atoms with Crippen LogP contribution >= 0.6 is 15.2 Å². The number of carbonyl (C=O) groups is 3. The molecule has 3 aromatic carbocycles. The number of nitrogens with zero attached hydrogens (tertiary/aromatic N) is 3. The van der Waals surface area contributed by atoms with Crippen LogP contribution in [0.1, 0.15) is 49.2 Å². The number of benzene rings is 3. The van der Waals surface area contributed by atoms with Crippen molar-refractivity contribution >= 4 is 50.9 Å². The van der Waals surface area contributed by atoms with Gasteiger partial charge in [0.25, 0.3) is 5.91 Å². The number of nitrogens with one attached hydrogen (secondary N) is 1. The minimum Gasteiger partial charge on any atom is -0.626 e. The maximum atomic E-state index is 14.7. The second-order valence-corrected chi connectivity index (χ2v) is 18.5. The third kappa shape index (κ3) is 8.35. The van der Waals surface area contributed by atoms with Gasteiger partial charge >= 0.3 is 27.8 Å². The van der Waals surface area contributed by atoms with E-state index in [1.165, 1.54) is 18.6 Å². The summed E-state index contributed by atoms with van der Waals surface area (Å²) in [7, 11) is -10.8. The summed E-state index contributed by atoms with van der Waals surface area (Å²) >= 11 is 0. The van der Waals surface area contributed by atoms with Crippen LogP contribution in [-0.2, 0) is 29.9 Å². The fourth-order valence-electron chi connectivity index (χ4n) is 7.93. The molecular formula is C37H43BN4O12P2. The monoisotopic (exact) mass is 808 g/mol. The molecule has 0 fully saturated rings. The highest BCUT2D eigenvalue weighted by Gasteiger charge is 2.70. The van der Waals surface area contributed by atoms with E-state index in [0.29, 0.717) is 29.3 Å². The molecule has 0 spiro atoms. The number of ether oxygens (including phenoxy) is 1. The number of amides is 1. The Morgan fingerprint density at radius 1 is 0.839 bits per heavy atom. The number of hydrogen-bond donors (Lipinski definition) is 5. The van der Waals surface area contributed by atoms with Crippen LogP contribution in [0.5, 0.6) is 11.5 Å². The van der Waals surface area contributed by atoms with Crippen LogP contribution in [0.15, 0.2) is 97.5 Å². The molecule has 0 unspecified atom stereocenters. The van der Waals surface area contributed by atoms with Crippen LogP contribution in [0.4, 0.5) is 11.4 Å². The number of quaternary nitrogens is 1. The van der Waals surface area contributed by atoms with Crippen LogP contribution in [0.2, 0.25) is 5.82 Å². The van der Waals surface area contributed by atoms with Crippen LogP contribution in [-0.4, -0.2) is 78.5 Å². The van der Waals surface area contributed by atoms with E-state index >= 15 is 0 Å². The SMILES string of the molecule is CC(C)C[C@H](CC(=O)[C@H](Cc1ccccc1)NC(=O)c1cnccn1)[B-]12Oc3ccccc3[N+]1(CCOC(=O)CC(P(=O)(O)O)P(=O)(O)O)c1ccccc1O2. The van der Waals surface area contributed by atoms with Gasteiger partial charge in [-0.1, -0.05) is 74.9 Å². The Hall–Kier alpha value is -4.73. The lowest BCUT2D eigenvalue weighted by molar-refractivity contribution is -0.143. The third-order valence-corrected chi connectivity index (χ3v) is 14.0. The average Bonchev–Trinajstić information content (AvgIpc) is 3.59. The summed E-state index contributed by atoms with van der Waals surface area (Å²) < 4.78 is 43.0. The normalized spacial score (nSPS) is 19.6. The Balaban J connectivity index is 1.38. The number of para-hydroxylation sites is 4. The maximum absolute atomic E-state index is 14.7. The molecule has 4 aromatic rings. The lowest BCUT2D eigenvalue weighted by atomic mass is 9.51. The lowest BCUT2D eigenvalue weighted by Gasteiger charge is -2.49. The molecule has 1 aromatic heterocycles. The van der Waals surface area contributed by atoms with Gasteiger partial charge in [0.1, 0.15) is 35.2 Å². The highest BCUT2D eigenvalue weighted by Crippen LogP contribution is 2.63. The Morgan fingerprint density at radius 2 is 1.43 bits per heavy atom. The van der Waals surface area contributed by atoms with Gasteiger partial charge in [-0.2, -0.15) is 0 Å². The highest BCUT2D eigenvalue weighted by molar-refractivity contribution is 7.70. The van der Waals surface area contributed by atoms with Crippen molar-refractivity contribution in [2.75, 3.05) is 13.2 Å². The number of Topliss-reactive ketones (excluding diaryl/α,β-unsaturated/α-hetero) is 1. The number of rotatable bonds is 17. The summed E-state index contributed by atoms with van der Waals surface area (Å²) in [5, 5.41) is 0.310. The Labute approximate surface area is 323 Å². The first kappa shape index (κ1) is 40.9. The first-order chi connectivity index (χ1) is 26.5. The Kier molecular flexibility index (Phi) is 12.0. The van der Waals surface area contributed by atoms with Gasteiger partial charge in [0.05, 0.1) is 25.2 Å². The van der Waals surface area contributed by atoms with Gasteiger partial charge in [-0.25, -0.2) is 4.98 Å². The molecule has 296 valence electrons. The van der Waals surface area contributed by atoms with E-state index in [9.17, 15) is 43.1 Å². The molecular weight excluding hydrogens is 765 g/mol. The molecule has 2 atom stereocenters. The first-order valence-electron chi connectivity index (χ1n) is 18.0. The quantitative estimate of drug-likeness (QED) is 0.0545. The predicted octanol–water partition coefficient (Wildman–Crippen LogP) is 4.87. The van der Waals surface area contributed by atoms with E-state index in [-0.39, 0.29) is 47.8 Å². The standard InChI is InChI=1S/C37H43BN4O12P2/c1-25(2)20-27(22-32(43)28(21-26-10-4-3-5-11-26)41-37(45)29-24-39-16-17-40-29)38-42(30-12-6-8-14-33(30)53-38,31-13-7-9-15-34(31)54-38)18-19-52-35(44)23-36(55(46,47)48)56(49,50)51/h3-17,24-25,27-28,36H,18-23H2,1-2H3,(H,41,45)(H2,46,47,48)(H2,49,50,51)/t27-,28+,38?,42?/m1/s1. The van der Waals surface area contributed by atoms with Gasteiger partial charge in [-0.3, -0.25) is 28.5 Å². The summed E-state index contributed by atoms with van der Waals surface area (Å²) in [5.74, 6) is -1.78. The Morgan fingerprint density at radius 3 is 1.98 bits per heavy atom. The molecule has 0 saturated carbocycles. The molecule has 3 heterocycles. The van der Waals surface area contributed by atoms with Gasteiger partial charge < -0.3 is 43.3 Å². The van der Waals surface area contributed by atoms with E-state index in [4.69, 9.17) is 14.0 Å². The third-order valence-electron chi connectivity index (χ3n) is 10.2. The zero-order chi connectivity index (χ0) is 40.3. The van der Waals surface area contributed by atoms with Crippen LogP contribution in [0, 0.1) is 5.92 Å². The van der Waals surface area contributed by atoms with Crippen molar-refractivity contribution in [2.24, 2.45) is 5.92 Å². The molecule has 1 amide bonds. The van der Waals surface area contributed by atoms with Crippen molar-refractivity contribution in [1.29, 1.82) is 0 Å². The fraction of sp³-hybridized carbons (Fsp3) is 0.324. The van der Waals surface area contributed by atoms with Crippen LogP contribution in [0.25, 0.3) is 0 Å². The predicted molar refractivity (Wildman–Crippen MR) is 206 cm³/mol. The molecule has 0 aliphatic carbocycles. The molecule has 0 saturated heterocycles. The van der Waals surface area contributed by atoms with Gasteiger partial charge in [0.2, 0.25) is 0 Å². The van der Waals surface area contributed by atoms with Crippen molar-refractivity contribution in [3.05, 3.63) is 109 Å². The molecule has 56 heavy (non-hydrogen) atoms. The van der Waals surface area contributed by atoms with Crippen molar-refractivity contribution in [1.82, 2.24) is 19.7 Å².